The molecule has 0 aromatic carbocycles. The number of hydrogen-bond acceptors (Lipinski definition) is 4. The summed E-state index contributed by atoms with van der Waals surface area (Å²) < 4.78 is 12.2. The summed E-state index contributed by atoms with van der Waals surface area (Å²) in [6.07, 6.45) is 12.8. The van der Waals surface area contributed by atoms with Crippen molar-refractivity contribution in [3.05, 3.63) is 12.2 Å². The second kappa shape index (κ2) is 8.45. The molecule has 1 N–H and O–H groups in total. The van der Waals surface area contributed by atoms with Crippen molar-refractivity contribution < 1.29 is 19.4 Å². The SMILES string of the molecule is CC(C)C(=O)/C=C/[C@@H](C)C1CCC2C3C(CCC21C)C1(C)CCC2(C[C@@H]1C[C@H]3O)OCCO2. The average molecular weight is 459 g/mol. The van der Waals surface area contributed by atoms with Gasteiger partial charge in [-0.25, -0.2) is 0 Å². The summed E-state index contributed by atoms with van der Waals surface area (Å²) in [5.41, 5.74) is 0.558. The number of aliphatic hydroxyl groups excluding tert-OH is 1. The van der Waals surface area contributed by atoms with E-state index in [2.05, 4.69) is 26.8 Å². The summed E-state index contributed by atoms with van der Waals surface area (Å²) in [5.74, 6) is 3.06. The van der Waals surface area contributed by atoms with Crippen LogP contribution < -0.4 is 0 Å². The number of ketones is 1. The number of ether oxygens (including phenoxy) is 2. The van der Waals surface area contributed by atoms with E-state index < -0.39 is 0 Å². The molecule has 4 saturated carbocycles. The summed E-state index contributed by atoms with van der Waals surface area (Å²) in [6, 6.07) is 0. The molecule has 0 aromatic rings. The van der Waals surface area contributed by atoms with E-state index in [9.17, 15) is 9.90 Å². The first-order valence-electron chi connectivity index (χ1n) is 13.8. The largest absolute Gasteiger partial charge is 0.393 e. The maximum atomic E-state index is 12.2. The van der Waals surface area contributed by atoms with E-state index in [0.29, 0.717) is 40.9 Å². The monoisotopic (exact) mass is 458 g/mol. The van der Waals surface area contributed by atoms with Crippen LogP contribution in [0.2, 0.25) is 0 Å². The molecule has 0 radical (unpaired) electrons. The van der Waals surface area contributed by atoms with Crippen LogP contribution in [-0.2, 0) is 14.3 Å². The normalized spacial score (nSPS) is 47.5. The van der Waals surface area contributed by atoms with Crippen LogP contribution in [-0.4, -0.2) is 36.0 Å². The Labute approximate surface area is 200 Å². The van der Waals surface area contributed by atoms with E-state index in [1.54, 1.807) is 0 Å². The zero-order chi connectivity index (χ0) is 23.6. The summed E-state index contributed by atoms with van der Waals surface area (Å²) >= 11 is 0. The van der Waals surface area contributed by atoms with Crippen molar-refractivity contribution in [2.75, 3.05) is 13.2 Å². The number of hydrogen-bond donors (Lipinski definition) is 1. The molecule has 1 spiro atoms. The molecule has 0 aromatic heterocycles. The van der Waals surface area contributed by atoms with Crippen LogP contribution in [0.4, 0.5) is 0 Å². The van der Waals surface area contributed by atoms with Crippen molar-refractivity contribution in [1.82, 2.24) is 0 Å². The number of rotatable bonds is 4. The van der Waals surface area contributed by atoms with Gasteiger partial charge in [-0.2, -0.15) is 0 Å². The molecule has 4 heteroatoms. The van der Waals surface area contributed by atoms with Crippen LogP contribution in [0.3, 0.4) is 0 Å². The second-order valence-corrected chi connectivity index (χ2v) is 13.1. The Balaban J connectivity index is 1.35. The molecule has 1 heterocycles. The van der Waals surface area contributed by atoms with Gasteiger partial charge in [0.15, 0.2) is 11.6 Å². The highest BCUT2D eigenvalue weighted by atomic mass is 16.7. The number of carbonyl (C=O) groups is 1. The smallest absolute Gasteiger partial charge is 0.168 e. The number of carbonyl (C=O) groups excluding carboxylic acids is 1. The quantitative estimate of drug-likeness (QED) is 0.543. The number of aliphatic hydroxyl groups is 1. The second-order valence-electron chi connectivity index (χ2n) is 13.1. The van der Waals surface area contributed by atoms with Crippen LogP contribution in [0, 0.1) is 52.3 Å². The summed E-state index contributed by atoms with van der Waals surface area (Å²) in [6.45, 7) is 12.7. The van der Waals surface area contributed by atoms with E-state index in [4.69, 9.17) is 9.47 Å². The van der Waals surface area contributed by atoms with Crippen molar-refractivity contribution in [1.29, 1.82) is 0 Å². The predicted molar refractivity (Wildman–Crippen MR) is 129 cm³/mol. The van der Waals surface area contributed by atoms with Gasteiger partial charge in [-0.1, -0.05) is 40.7 Å². The van der Waals surface area contributed by atoms with E-state index in [0.717, 1.165) is 38.9 Å². The lowest BCUT2D eigenvalue weighted by atomic mass is 9.43. The molecule has 33 heavy (non-hydrogen) atoms. The Bertz CT molecular complexity index is 782. The standard InChI is InChI=1S/C29H46O4/c1-18(2)24(30)9-6-19(3)21-7-8-22-26-23(10-11-28(21,22)5)27(4)12-13-29(32-14-15-33-29)17-20(27)16-25(26)31/h6,9,18-23,25-26,31H,7-8,10-17H2,1-5H3/b9-6+/t19-,20+,21?,22?,23?,25-,26?,27?,28?/m1/s1. The van der Waals surface area contributed by atoms with Gasteiger partial charge >= 0.3 is 0 Å². The minimum atomic E-state index is -0.368. The predicted octanol–water partition coefficient (Wildman–Crippen LogP) is 5.78. The molecule has 0 bridgehead atoms. The van der Waals surface area contributed by atoms with Gasteiger partial charge in [0.2, 0.25) is 0 Å². The molecule has 4 aliphatic carbocycles. The maximum Gasteiger partial charge on any atom is 0.168 e. The molecule has 1 aliphatic heterocycles. The van der Waals surface area contributed by atoms with Crippen molar-refractivity contribution in [2.24, 2.45) is 52.3 Å². The fraction of sp³-hybridized carbons (Fsp3) is 0.897. The molecule has 5 aliphatic rings. The Morgan fingerprint density at radius 2 is 1.67 bits per heavy atom. The van der Waals surface area contributed by atoms with Gasteiger partial charge in [0.1, 0.15) is 0 Å². The first-order valence-corrected chi connectivity index (χ1v) is 13.8. The first-order chi connectivity index (χ1) is 15.6. The summed E-state index contributed by atoms with van der Waals surface area (Å²) in [4.78, 5) is 12.2. The van der Waals surface area contributed by atoms with E-state index in [1.807, 2.05) is 19.9 Å². The van der Waals surface area contributed by atoms with E-state index >= 15 is 0 Å². The molecule has 9 atom stereocenters. The zero-order valence-electron chi connectivity index (χ0n) is 21.5. The third-order valence-corrected chi connectivity index (χ3v) is 11.3. The molecule has 1 saturated heterocycles. The Morgan fingerprint density at radius 3 is 2.36 bits per heavy atom. The fourth-order valence-electron chi connectivity index (χ4n) is 9.40. The van der Waals surface area contributed by atoms with Crippen molar-refractivity contribution >= 4 is 5.78 Å². The van der Waals surface area contributed by atoms with Crippen LogP contribution in [0.1, 0.15) is 86.0 Å². The Morgan fingerprint density at radius 1 is 0.970 bits per heavy atom. The molecule has 4 nitrogen and oxygen atoms in total. The Kier molecular flexibility index (Phi) is 6.15. The summed E-state index contributed by atoms with van der Waals surface area (Å²) in [7, 11) is 0. The Hall–Kier alpha value is -0.710. The van der Waals surface area contributed by atoms with Crippen molar-refractivity contribution in [3.63, 3.8) is 0 Å². The van der Waals surface area contributed by atoms with E-state index in [1.165, 1.54) is 25.7 Å². The zero-order valence-corrected chi connectivity index (χ0v) is 21.5. The van der Waals surface area contributed by atoms with Gasteiger partial charge < -0.3 is 14.6 Å². The third-order valence-electron chi connectivity index (χ3n) is 11.3. The summed E-state index contributed by atoms with van der Waals surface area (Å²) in [5, 5.41) is 11.6. The van der Waals surface area contributed by atoms with Crippen LogP contribution in [0.5, 0.6) is 0 Å². The molecular weight excluding hydrogens is 412 g/mol. The molecule has 5 rings (SSSR count). The van der Waals surface area contributed by atoms with Crippen molar-refractivity contribution in [2.45, 2.75) is 97.9 Å². The molecule has 6 unspecified atom stereocenters. The number of fused-ring (bicyclic) bond motifs is 5. The third kappa shape index (κ3) is 3.78. The van der Waals surface area contributed by atoms with Gasteiger partial charge in [-0.3, -0.25) is 4.79 Å². The lowest BCUT2D eigenvalue weighted by Gasteiger charge is -2.63. The highest BCUT2D eigenvalue weighted by molar-refractivity contribution is 5.91. The topological polar surface area (TPSA) is 55.8 Å². The molecular formula is C29H46O4. The van der Waals surface area contributed by atoms with Crippen LogP contribution >= 0.6 is 0 Å². The molecule has 186 valence electrons. The van der Waals surface area contributed by atoms with Gasteiger partial charge in [-0.15, -0.1) is 0 Å². The van der Waals surface area contributed by atoms with Crippen LogP contribution in [0.25, 0.3) is 0 Å². The van der Waals surface area contributed by atoms with Gasteiger partial charge in [-0.05, 0) is 90.9 Å². The van der Waals surface area contributed by atoms with Crippen LogP contribution in [0.15, 0.2) is 12.2 Å². The fourth-order valence-corrected chi connectivity index (χ4v) is 9.40. The maximum absolute atomic E-state index is 12.2. The highest BCUT2D eigenvalue weighted by Gasteiger charge is 2.64. The molecule has 5 fully saturated rings. The van der Waals surface area contributed by atoms with Gasteiger partial charge in [0, 0.05) is 18.8 Å². The lowest BCUT2D eigenvalue weighted by Crippen LogP contribution is -2.60. The van der Waals surface area contributed by atoms with Crippen molar-refractivity contribution in [3.8, 4) is 0 Å². The van der Waals surface area contributed by atoms with Gasteiger partial charge in [0.05, 0.1) is 19.3 Å². The lowest BCUT2D eigenvalue weighted by molar-refractivity contribution is -0.242. The minimum Gasteiger partial charge on any atom is -0.393 e. The average Bonchev–Trinajstić information content (AvgIpc) is 3.37. The minimum absolute atomic E-state index is 0.0662. The van der Waals surface area contributed by atoms with E-state index in [-0.39, 0.29) is 29.0 Å². The van der Waals surface area contributed by atoms with Gasteiger partial charge in [0.25, 0.3) is 0 Å². The highest BCUT2D eigenvalue weighted by Crippen LogP contribution is 2.69. The number of allylic oxidation sites excluding steroid dienone is 2. The molecule has 0 amide bonds. The first kappa shape index (κ1) is 24.0.